The summed E-state index contributed by atoms with van der Waals surface area (Å²) in [6, 6.07) is 3.10. The first-order chi connectivity index (χ1) is 11.9. The van der Waals surface area contributed by atoms with E-state index in [1.54, 1.807) is 6.92 Å². The molecule has 1 aromatic carbocycles. The standard InChI is InChI=1S/C17H18F2N4O2/c1-3-22-10(2)13(7-20)17(25)16(14(19)8-21)23-15-5-4-12(18)6-11(15)9-24/h4-9H,3,20-21H2,1-2H3. The Balaban J connectivity index is 3.52. The van der Waals surface area contributed by atoms with Gasteiger partial charge in [-0.05, 0) is 32.0 Å². The van der Waals surface area contributed by atoms with Gasteiger partial charge >= 0.3 is 0 Å². The van der Waals surface area contributed by atoms with E-state index in [0.29, 0.717) is 24.7 Å². The lowest BCUT2D eigenvalue weighted by molar-refractivity contribution is -0.109. The van der Waals surface area contributed by atoms with Crippen LogP contribution in [0.3, 0.4) is 0 Å². The van der Waals surface area contributed by atoms with Crippen LogP contribution in [-0.4, -0.2) is 30.0 Å². The molecule has 6 nitrogen and oxygen atoms in total. The van der Waals surface area contributed by atoms with Crippen molar-refractivity contribution in [2.24, 2.45) is 21.5 Å². The first kappa shape index (κ1) is 19.9. The highest BCUT2D eigenvalue weighted by Gasteiger charge is 2.23. The number of rotatable bonds is 7. The number of benzene rings is 1. The normalized spacial score (nSPS) is 13.8. The van der Waals surface area contributed by atoms with Crippen LogP contribution in [0.1, 0.15) is 24.2 Å². The van der Waals surface area contributed by atoms with Crippen molar-refractivity contribution in [2.45, 2.75) is 13.8 Å². The SMILES string of the molecule is CCN=C(C)C(=CN)C(=O)C(=Nc1ccc(F)cc1C=O)C(F)=CN. The minimum absolute atomic E-state index is 0.0626. The highest BCUT2D eigenvalue weighted by Crippen LogP contribution is 2.21. The van der Waals surface area contributed by atoms with E-state index >= 15 is 0 Å². The molecule has 0 aliphatic rings. The summed E-state index contributed by atoms with van der Waals surface area (Å²) in [5, 5.41) is 0. The molecular formula is C17H18F2N4O2. The first-order valence-corrected chi connectivity index (χ1v) is 7.28. The molecule has 0 saturated carbocycles. The average Bonchev–Trinajstić information content (AvgIpc) is 2.60. The van der Waals surface area contributed by atoms with Crippen LogP contribution in [0.2, 0.25) is 0 Å². The maximum absolute atomic E-state index is 14.1. The van der Waals surface area contributed by atoms with E-state index in [1.165, 1.54) is 6.92 Å². The summed E-state index contributed by atoms with van der Waals surface area (Å²) in [5.41, 5.74) is 9.94. The van der Waals surface area contributed by atoms with E-state index in [0.717, 1.165) is 24.4 Å². The summed E-state index contributed by atoms with van der Waals surface area (Å²) in [6.07, 6.45) is 1.89. The van der Waals surface area contributed by atoms with Crippen LogP contribution < -0.4 is 11.5 Å². The predicted octanol–water partition coefficient (Wildman–Crippen LogP) is 2.37. The van der Waals surface area contributed by atoms with Gasteiger partial charge in [0.05, 0.1) is 11.3 Å². The van der Waals surface area contributed by atoms with E-state index in [4.69, 9.17) is 11.5 Å². The van der Waals surface area contributed by atoms with Crippen LogP contribution >= 0.6 is 0 Å². The molecule has 0 saturated heterocycles. The summed E-state index contributed by atoms with van der Waals surface area (Å²) < 4.78 is 27.3. The molecule has 0 aliphatic heterocycles. The zero-order valence-corrected chi connectivity index (χ0v) is 13.8. The Morgan fingerprint density at radius 3 is 2.48 bits per heavy atom. The highest BCUT2D eigenvalue weighted by molar-refractivity contribution is 6.56. The molecule has 0 aromatic heterocycles. The minimum Gasteiger partial charge on any atom is -0.404 e. The van der Waals surface area contributed by atoms with E-state index in [1.807, 2.05) is 0 Å². The second-order valence-electron chi connectivity index (χ2n) is 4.77. The maximum atomic E-state index is 14.1. The molecule has 4 N–H and O–H groups in total. The van der Waals surface area contributed by atoms with Crippen LogP contribution in [0, 0.1) is 5.82 Å². The molecule has 0 unspecified atom stereocenters. The minimum atomic E-state index is -1.12. The predicted molar refractivity (Wildman–Crippen MR) is 93.2 cm³/mol. The van der Waals surface area contributed by atoms with Crippen molar-refractivity contribution in [3.63, 3.8) is 0 Å². The molecule has 0 bridgehead atoms. The summed E-state index contributed by atoms with van der Waals surface area (Å²) in [7, 11) is 0. The number of aldehydes is 1. The number of aliphatic imine (C=N–C) groups is 2. The van der Waals surface area contributed by atoms with Gasteiger partial charge in [-0.1, -0.05) is 0 Å². The number of hydrogen-bond acceptors (Lipinski definition) is 6. The van der Waals surface area contributed by atoms with Crippen LogP contribution in [0.4, 0.5) is 14.5 Å². The van der Waals surface area contributed by atoms with Gasteiger partial charge in [-0.15, -0.1) is 0 Å². The lowest BCUT2D eigenvalue weighted by atomic mass is 10.0. The molecule has 0 heterocycles. The number of nitrogens with two attached hydrogens (primary N) is 2. The lowest BCUT2D eigenvalue weighted by Crippen LogP contribution is -2.23. The third-order valence-electron chi connectivity index (χ3n) is 3.13. The summed E-state index contributed by atoms with van der Waals surface area (Å²) in [4.78, 5) is 31.6. The fraction of sp³-hybridized carbons (Fsp3) is 0.176. The fourth-order valence-electron chi connectivity index (χ4n) is 1.94. The third-order valence-corrected chi connectivity index (χ3v) is 3.13. The van der Waals surface area contributed by atoms with Crippen molar-refractivity contribution < 1.29 is 18.4 Å². The third kappa shape index (κ3) is 4.90. The molecule has 0 fully saturated rings. The van der Waals surface area contributed by atoms with Gasteiger partial charge in [-0.3, -0.25) is 14.6 Å². The summed E-state index contributed by atoms with van der Waals surface area (Å²) >= 11 is 0. The van der Waals surface area contributed by atoms with Crippen molar-refractivity contribution in [3.05, 3.63) is 53.4 Å². The average molecular weight is 348 g/mol. The van der Waals surface area contributed by atoms with Gasteiger partial charge in [-0.2, -0.15) is 0 Å². The second kappa shape index (κ2) is 9.21. The molecule has 0 spiro atoms. The number of carbonyl (C=O) groups excluding carboxylic acids is 2. The molecule has 25 heavy (non-hydrogen) atoms. The van der Waals surface area contributed by atoms with E-state index in [-0.39, 0.29) is 16.8 Å². The highest BCUT2D eigenvalue weighted by atomic mass is 19.1. The van der Waals surface area contributed by atoms with Gasteiger partial charge in [-0.25, -0.2) is 13.8 Å². The monoisotopic (exact) mass is 348 g/mol. The van der Waals surface area contributed by atoms with Gasteiger partial charge in [0.15, 0.2) is 12.1 Å². The van der Waals surface area contributed by atoms with Crippen molar-refractivity contribution in [1.82, 2.24) is 0 Å². The Labute approximate surface area is 143 Å². The second-order valence-corrected chi connectivity index (χ2v) is 4.77. The first-order valence-electron chi connectivity index (χ1n) is 7.28. The number of nitrogens with zero attached hydrogens (tertiary/aromatic N) is 2. The Morgan fingerprint density at radius 1 is 1.28 bits per heavy atom. The number of halogens is 2. The molecule has 8 heteroatoms. The molecule has 1 aromatic rings. The van der Waals surface area contributed by atoms with Crippen LogP contribution in [0.5, 0.6) is 0 Å². The zero-order chi connectivity index (χ0) is 19.0. The summed E-state index contributed by atoms with van der Waals surface area (Å²) in [6.45, 7) is 3.69. The number of Topliss-reactive ketones (excluding diaryl/α,β-unsaturated/α-hetero) is 1. The number of hydrogen-bond donors (Lipinski definition) is 2. The lowest BCUT2D eigenvalue weighted by Gasteiger charge is -2.08. The largest absolute Gasteiger partial charge is 0.404 e. The van der Waals surface area contributed by atoms with Gasteiger partial charge in [0, 0.05) is 30.2 Å². The number of allylic oxidation sites excluding steroid dienone is 2. The van der Waals surface area contributed by atoms with Gasteiger partial charge in [0.1, 0.15) is 11.5 Å². The fourth-order valence-corrected chi connectivity index (χ4v) is 1.94. The van der Waals surface area contributed by atoms with E-state index in [9.17, 15) is 18.4 Å². The zero-order valence-electron chi connectivity index (χ0n) is 13.8. The van der Waals surface area contributed by atoms with E-state index < -0.39 is 23.1 Å². The van der Waals surface area contributed by atoms with Crippen LogP contribution in [0.25, 0.3) is 0 Å². The Kier molecular flexibility index (Phi) is 7.33. The summed E-state index contributed by atoms with van der Waals surface area (Å²) in [5.74, 6) is -2.65. The van der Waals surface area contributed by atoms with Gasteiger partial charge < -0.3 is 11.5 Å². The smallest absolute Gasteiger partial charge is 0.217 e. The maximum Gasteiger partial charge on any atom is 0.217 e. The Morgan fingerprint density at radius 2 is 1.96 bits per heavy atom. The topological polar surface area (TPSA) is 111 Å². The number of ketones is 1. The molecule has 0 atom stereocenters. The van der Waals surface area contributed by atoms with Crippen LogP contribution in [0.15, 0.2) is 52.0 Å². The number of carbonyl (C=O) groups is 2. The molecule has 132 valence electrons. The quantitative estimate of drug-likeness (QED) is 0.447. The Bertz CT molecular complexity index is 796. The molecule has 0 aliphatic carbocycles. The Hall–Kier alpha value is -3.16. The molecule has 1 rings (SSSR count). The van der Waals surface area contributed by atoms with Crippen LogP contribution in [-0.2, 0) is 4.79 Å². The van der Waals surface area contributed by atoms with Crippen molar-refractivity contribution in [3.8, 4) is 0 Å². The molecular weight excluding hydrogens is 330 g/mol. The van der Waals surface area contributed by atoms with Gasteiger partial charge in [0.25, 0.3) is 0 Å². The van der Waals surface area contributed by atoms with Crippen molar-refractivity contribution in [1.29, 1.82) is 0 Å². The molecule has 0 radical (unpaired) electrons. The van der Waals surface area contributed by atoms with Crippen molar-refractivity contribution >= 4 is 29.2 Å². The van der Waals surface area contributed by atoms with E-state index in [2.05, 4.69) is 9.98 Å². The van der Waals surface area contributed by atoms with Crippen molar-refractivity contribution in [2.75, 3.05) is 6.54 Å². The van der Waals surface area contributed by atoms with Gasteiger partial charge in [0.2, 0.25) is 5.78 Å². The molecule has 0 amide bonds.